The summed E-state index contributed by atoms with van der Waals surface area (Å²) >= 11 is 0. The molecule has 2 unspecified atom stereocenters. The molecule has 4 rings (SSSR count). The van der Waals surface area contributed by atoms with Crippen LogP contribution in [0.25, 0.3) is 11.6 Å². The van der Waals surface area contributed by atoms with Crippen molar-refractivity contribution in [1.29, 1.82) is 0 Å². The molecular weight excluding hydrogens is 409 g/mol. The van der Waals surface area contributed by atoms with Gasteiger partial charge in [-0.15, -0.1) is 0 Å². The van der Waals surface area contributed by atoms with E-state index in [1.807, 2.05) is 0 Å². The molecule has 0 saturated carbocycles. The van der Waals surface area contributed by atoms with Gasteiger partial charge in [0.05, 0.1) is 18.4 Å². The average molecular weight is 432 g/mol. The summed E-state index contributed by atoms with van der Waals surface area (Å²) in [5, 5.41) is 14.2. The Kier molecular flexibility index (Phi) is 5.77. The third-order valence-corrected chi connectivity index (χ3v) is 5.76. The number of hydrogen-bond donors (Lipinski definition) is 2. The van der Waals surface area contributed by atoms with Crippen molar-refractivity contribution in [2.75, 3.05) is 25.1 Å². The lowest BCUT2D eigenvalue weighted by Gasteiger charge is -2.28. The van der Waals surface area contributed by atoms with Gasteiger partial charge in [0.15, 0.2) is 6.10 Å². The van der Waals surface area contributed by atoms with Gasteiger partial charge in [0, 0.05) is 18.2 Å². The number of anilines is 1. The molecule has 0 aromatic heterocycles. The predicted molar refractivity (Wildman–Crippen MR) is 112 cm³/mol. The zero-order chi connectivity index (χ0) is 22.2. The molecule has 2 N–H and O–H groups in total. The van der Waals surface area contributed by atoms with Crippen LogP contribution in [-0.4, -0.2) is 43.4 Å². The second kappa shape index (κ2) is 8.36. The minimum Gasteiger partial charge on any atom is -0.497 e. The van der Waals surface area contributed by atoms with E-state index in [2.05, 4.69) is 5.32 Å². The zero-order valence-corrected chi connectivity index (χ0v) is 16.9. The van der Waals surface area contributed by atoms with Gasteiger partial charge in [0.2, 0.25) is 0 Å². The largest absolute Gasteiger partial charge is 0.497 e. The molecule has 2 atom stereocenters. The third-order valence-electron chi connectivity index (χ3n) is 5.76. The Bertz CT molecular complexity index is 996. The number of carbonyl (C=O) groups is 1. The molecule has 2 aliphatic rings. The lowest BCUT2D eigenvalue weighted by Crippen LogP contribution is -2.45. The van der Waals surface area contributed by atoms with Crippen molar-refractivity contribution in [2.24, 2.45) is 0 Å². The number of benzene rings is 2. The first-order valence-electron chi connectivity index (χ1n) is 10.1. The first kappa shape index (κ1) is 21.4. The lowest BCUT2D eigenvalue weighted by molar-refractivity contribution is -0.137. The van der Waals surface area contributed by atoms with Crippen LogP contribution in [0.3, 0.4) is 0 Å². The molecule has 8 heteroatoms. The number of methoxy groups -OCH3 is 1. The molecule has 31 heavy (non-hydrogen) atoms. The van der Waals surface area contributed by atoms with Crippen LogP contribution in [0.4, 0.5) is 18.9 Å². The monoisotopic (exact) mass is 432 g/mol. The summed E-state index contributed by atoms with van der Waals surface area (Å²) in [7, 11) is 1.50. The van der Waals surface area contributed by atoms with Gasteiger partial charge in [-0.05, 0) is 60.9 Å². The summed E-state index contributed by atoms with van der Waals surface area (Å²) in [4.78, 5) is 14.5. The van der Waals surface area contributed by atoms with Crippen LogP contribution >= 0.6 is 0 Å². The maximum atomic E-state index is 13.8. The van der Waals surface area contributed by atoms with Crippen LogP contribution in [0, 0.1) is 0 Å². The van der Waals surface area contributed by atoms with Gasteiger partial charge in [-0.3, -0.25) is 4.79 Å². The fraction of sp³-hybridized carbons (Fsp3) is 0.348. The number of halogens is 3. The SMILES string of the molecule is COc1ccc(C2=Cc3c(cccc3C(F)(F)F)N(CC3CCCN3)C(=O)C2O)cc1. The molecule has 1 amide bonds. The number of ether oxygens (including phenoxy) is 1. The van der Waals surface area contributed by atoms with E-state index in [0.717, 1.165) is 25.5 Å². The fourth-order valence-corrected chi connectivity index (χ4v) is 4.17. The van der Waals surface area contributed by atoms with E-state index >= 15 is 0 Å². The van der Waals surface area contributed by atoms with E-state index in [4.69, 9.17) is 4.74 Å². The van der Waals surface area contributed by atoms with E-state index in [1.54, 1.807) is 24.3 Å². The molecule has 1 fully saturated rings. The molecule has 0 spiro atoms. The van der Waals surface area contributed by atoms with Crippen molar-refractivity contribution in [3.63, 3.8) is 0 Å². The molecule has 164 valence electrons. The van der Waals surface area contributed by atoms with Crippen molar-refractivity contribution in [1.82, 2.24) is 5.32 Å². The molecule has 2 aromatic rings. The Morgan fingerprint density at radius 1 is 1.19 bits per heavy atom. The first-order chi connectivity index (χ1) is 14.8. The first-order valence-corrected chi connectivity index (χ1v) is 10.1. The highest BCUT2D eigenvalue weighted by Crippen LogP contribution is 2.41. The molecule has 0 aliphatic carbocycles. The summed E-state index contributed by atoms with van der Waals surface area (Å²) < 4.78 is 46.6. The highest BCUT2D eigenvalue weighted by Gasteiger charge is 2.39. The van der Waals surface area contributed by atoms with Gasteiger partial charge in [0.1, 0.15) is 5.75 Å². The average Bonchev–Trinajstić information content (AvgIpc) is 3.24. The number of hydrogen-bond acceptors (Lipinski definition) is 4. The van der Waals surface area contributed by atoms with Crippen molar-refractivity contribution in [2.45, 2.75) is 31.2 Å². The second-order valence-corrected chi connectivity index (χ2v) is 7.71. The number of aliphatic hydroxyl groups excluding tert-OH is 1. The van der Waals surface area contributed by atoms with Gasteiger partial charge in [-0.25, -0.2) is 0 Å². The molecule has 0 radical (unpaired) electrons. The van der Waals surface area contributed by atoms with E-state index in [0.29, 0.717) is 11.3 Å². The summed E-state index contributed by atoms with van der Waals surface area (Å²) in [6.45, 7) is 0.980. The standard InChI is InChI=1S/C23H23F3N2O3/c1-31-16-9-7-14(8-10-16)17-12-18-19(23(24,25)26)5-2-6-20(18)28(22(30)21(17)29)13-15-4-3-11-27-15/h2,5-10,12,15,21,27,29H,3-4,11,13H2,1H3. The molecule has 1 saturated heterocycles. The highest BCUT2D eigenvalue weighted by molar-refractivity contribution is 6.11. The molecule has 2 aliphatic heterocycles. The Labute approximate surface area is 178 Å². The van der Waals surface area contributed by atoms with E-state index in [9.17, 15) is 23.1 Å². The van der Waals surface area contributed by atoms with Gasteiger partial charge in [-0.2, -0.15) is 13.2 Å². The molecular formula is C23H23F3N2O3. The second-order valence-electron chi connectivity index (χ2n) is 7.71. The van der Waals surface area contributed by atoms with Crippen LogP contribution < -0.4 is 15.0 Å². The smallest absolute Gasteiger partial charge is 0.417 e. The highest BCUT2D eigenvalue weighted by atomic mass is 19.4. The third kappa shape index (κ3) is 4.18. The van der Waals surface area contributed by atoms with Crippen LogP contribution in [-0.2, 0) is 11.0 Å². The Morgan fingerprint density at radius 3 is 2.55 bits per heavy atom. The Hall–Kier alpha value is -2.84. The van der Waals surface area contributed by atoms with Gasteiger partial charge < -0.3 is 20.1 Å². The van der Waals surface area contributed by atoms with Crippen LogP contribution in [0.5, 0.6) is 5.75 Å². The molecule has 5 nitrogen and oxygen atoms in total. The minimum absolute atomic E-state index is 0.0407. The summed E-state index contributed by atoms with van der Waals surface area (Å²) in [6.07, 6.45) is -3.18. The number of amides is 1. The number of alkyl halides is 3. The fourth-order valence-electron chi connectivity index (χ4n) is 4.17. The van der Waals surface area contributed by atoms with Crippen molar-refractivity contribution in [3.05, 3.63) is 59.2 Å². The van der Waals surface area contributed by atoms with Crippen LogP contribution in [0.2, 0.25) is 0 Å². The number of rotatable bonds is 4. The van der Waals surface area contributed by atoms with E-state index in [1.165, 1.54) is 30.2 Å². The van der Waals surface area contributed by atoms with Crippen molar-refractivity contribution >= 4 is 23.2 Å². The predicted octanol–water partition coefficient (Wildman–Crippen LogP) is 3.71. The van der Waals surface area contributed by atoms with Crippen LogP contribution in [0.1, 0.15) is 29.5 Å². The Morgan fingerprint density at radius 2 is 1.94 bits per heavy atom. The van der Waals surface area contributed by atoms with Gasteiger partial charge >= 0.3 is 6.18 Å². The van der Waals surface area contributed by atoms with Crippen molar-refractivity contribution < 1.29 is 27.8 Å². The molecule has 2 heterocycles. The molecule has 0 bridgehead atoms. The summed E-state index contributed by atoms with van der Waals surface area (Å²) in [6, 6.07) is 10.2. The number of fused-ring (bicyclic) bond motifs is 1. The maximum Gasteiger partial charge on any atom is 0.417 e. The summed E-state index contributed by atoms with van der Waals surface area (Å²) in [5.41, 5.74) is -0.250. The van der Waals surface area contributed by atoms with E-state index < -0.39 is 23.8 Å². The van der Waals surface area contributed by atoms with Crippen molar-refractivity contribution in [3.8, 4) is 5.75 Å². The number of nitrogens with one attached hydrogen (secondary N) is 1. The zero-order valence-electron chi connectivity index (χ0n) is 16.9. The van der Waals surface area contributed by atoms with Crippen LogP contribution in [0.15, 0.2) is 42.5 Å². The lowest BCUT2D eigenvalue weighted by atomic mass is 9.96. The Balaban J connectivity index is 1.87. The van der Waals surface area contributed by atoms with Gasteiger partial charge in [0.25, 0.3) is 5.91 Å². The number of aliphatic hydroxyl groups is 1. The summed E-state index contributed by atoms with van der Waals surface area (Å²) in [5.74, 6) is -0.0852. The minimum atomic E-state index is -4.61. The van der Waals surface area contributed by atoms with E-state index in [-0.39, 0.29) is 29.4 Å². The molecule has 2 aromatic carbocycles. The topological polar surface area (TPSA) is 61.8 Å². The van der Waals surface area contributed by atoms with Gasteiger partial charge in [-0.1, -0.05) is 18.2 Å². The maximum absolute atomic E-state index is 13.8. The quantitative estimate of drug-likeness (QED) is 0.773. The number of nitrogens with zero attached hydrogens (tertiary/aromatic N) is 1. The normalized spacial score (nSPS) is 21.5. The number of carbonyl (C=O) groups excluding carboxylic acids is 1.